The van der Waals surface area contributed by atoms with Gasteiger partial charge in [-0.1, -0.05) is 45.2 Å². The van der Waals surface area contributed by atoms with Gasteiger partial charge in [-0.2, -0.15) is 0 Å². The molecule has 0 aromatic heterocycles. The minimum atomic E-state index is 0.260. The topological polar surface area (TPSA) is 33.3 Å². The van der Waals surface area contributed by atoms with Crippen LogP contribution in [0.15, 0.2) is 0 Å². The maximum absolute atomic E-state index is 5.69. The van der Waals surface area contributed by atoms with Crippen LogP contribution in [0, 0.1) is 0 Å². The average molecular weight is 349 g/mol. The first kappa shape index (κ1) is 19.6. The summed E-state index contributed by atoms with van der Waals surface area (Å²) in [7, 11) is 5.19. The Balaban J connectivity index is 3.19. The highest BCUT2D eigenvalue weighted by molar-refractivity contribution is 8.76. The second-order valence-electron chi connectivity index (χ2n) is 3.67. The van der Waals surface area contributed by atoms with E-state index in [1.54, 1.807) is 10.8 Å². The molecule has 0 spiro atoms. The highest BCUT2D eigenvalue weighted by atomic mass is 33.1. The molecule has 0 aliphatic carbocycles. The van der Waals surface area contributed by atoms with E-state index in [0.29, 0.717) is 5.37 Å². The summed E-state index contributed by atoms with van der Waals surface area (Å²) in [6.07, 6.45) is 2.19. The van der Waals surface area contributed by atoms with Crippen molar-refractivity contribution in [3.8, 4) is 0 Å². The molecular weight excluding hydrogens is 324 g/mol. The smallest absolute Gasteiger partial charge is 0.110 e. The van der Waals surface area contributed by atoms with E-state index < -0.39 is 0 Å². The lowest BCUT2D eigenvalue weighted by atomic mass is 10.3. The molecule has 8 heteroatoms. The molecule has 0 saturated heterocycles. The van der Waals surface area contributed by atoms with Crippen LogP contribution in [0.3, 0.4) is 0 Å². The average Bonchev–Trinajstić information content (AvgIpc) is 2.37. The van der Waals surface area contributed by atoms with Crippen molar-refractivity contribution in [2.75, 3.05) is 25.4 Å². The molecule has 0 bridgehead atoms. The summed E-state index contributed by atoms with van der Waals surface area (Å²) in [6.45, 7) is 6.99. The fourth-order valence-corrected chi connectivity index (χ4v) is 3.56. The first-order valence-corrected chi connectivity index (χ1v) is 10.8. The van der Waals surface area contributed by atoms with E-state index in [1.807, 2.05) is 10.8 Å². The van der Waals surface area contributed by atoms with Crippen LogP contribution in [0.1, 0.15) is 26.7 Å². The molecular formula is C10H24N2OS5. The Morgan fingerprint density at radius 2 is 2.00 bits per heavy atom. The lowest BCUT2D eigenvalue weighted by Gasteiger charge is -2.13. The Kier molecular flexibility index (Phi) is 16.4. The van der Waals surface area contributed by atoms with E-state index in [1.165, 1.54) is 10.8 Å². The molecule has 0 radical (unpaired) electrons. The second-order valence-corrected chi connectivity index (χ2v) is 8.32. The van der Waals surface area contributed by atoms with E-state index in [4.69, 9.17) is 4.74 Å². The summed E-state index contributed by atoms with van der Waals surface area (Å²) >= 11 is 8.09. The maximum atomic E-state index is 5.69. The zero-order valence-electron chi connectivity index (χ0n) is 10.9. The third-order valence-corrected chi connectivity index (χ3v) is 6.30. The SMILES string of the molecule is CC(NCCSSC(C)OCCCCNS)SS. The minimum Gasteiger partial charge on any atom is -0.367 e. The van der Waals surface area contributed by atoms with Gasteiger partial charge in [0.2, 0.25) is 0 Å². The molecule has 2 atom stereocenters. The predicted octanol–water partition coefficient (Wildman–Crippen LogP) is 3.46. The van der Waals surface area contributed by atoms with Gasteiger partial charge in [0.1, 0.15) is 5.44 Å². The van der Waals surface area contributed by atoms with Crippen molar-refractivity contribution in [1.29, 1.82) is 0 Å². The Morgan fingerprint density at radius 3 is 2.67 bits per heavy atom. The van der Waals surface area contributed by atoms with Gasteiger partial charge in [-0.25, -0.2) is 0 Å². The van der Waals surface area contributed by atoms with Crippen LogP contribution in [0.4, 0.5) is 0 Å². The molecule has 0 fully saturated rings. The van der Waals surface area contributed by atoms with Gasteiger partial charge in [-0.05, 0) is 26.7 Å². The van der Waals surface area contributed by atoms with Crippen molar-refractivity contribution in [3.05, 3.63) is 0 Å². The molecule has 0 saturated carbocycles. The first-order valence-electron chi connectivity index (χ1n) is 6.01. The lowest BCUT2D eigenvalue weighted by molar-refractivity contribution is 0.121. The van der Waals surface area contributed by atoms with Gasteiger partial charge < -0.3 is 10.1 Å². The van der Waals surface area contributed by atoms with Crippen LogP contribution in [-0.2, 0) is 4.74 Å². The number of hydrogen-bond acceptors (Lipinski definition) is 8. The lowest BCUT2D eigenvalue weighted by Crippen LogP contribution is -2.24. The zero-order chi connectivity index (χ0) is 13.6. The molecule has 0 rings (SSSR count). The Labute approximate surface area is 134 Å². The third kappa shape index (κ3) is 14.0. The van der Waals surface area contributed by atoms with Gasteiger partial charge >= 0.3 is 0 Å². The molecule has 2 N–H and O–H groups in total. The zero-order valence-corrected chi connectivity index (χ0v) is 15.2. The van der Waals surface area contributed by atoms with Crippen LogP contribution in [-0.4, -0.2) is 36.3 Å². The fourth-order valence-electron chi connectivity index (χ4n) is 1.07. The molecule has 0 aliphatic heterocycles. The monoisotopic (exact) mass is 348 g/mol. The van der Waals surface area contributed by atoms with Gasteiger partial charge in [-0.3, -0.25) is 4.72 Å². The van der Waals surface area contributed by atoms with E-state index >= 15 is 0 Å². The van der Waals surface area contributed by atoms with E-state index in [2.05, 4.69) is 48.4 Å². The molecule has 18 heavy (non-hydrogen) atoms. The Morgan fingerprint density at radius 1 is 1.22 bits per heavy atom. The van der Waals surface area contributed by atoms with Crippen molar-refractivity contribution in [3.63, 3.8) is 0 Å². The summed E-state index contributed by atoms with van der Waals surface area (Å²) in [4.78, 5) is 0. The van der Waals surface area contributed by atoms with Gasteiger partial charge in [0.15, 0.2) is 0 Å². The summed E-state index contributed by atoms with van der Waals surface area (Å²) in [5.74, 6) is 1.08. The van der Waals surface area contributed by atoms with Crippen molar-refractivity contribution in [2.45, 2.75) is 37.5 Å². The normalized spacial score (nSPS) is 14.7. The molecule has 2 unspecified atom stereocenters. The fraction of sp³-hybridized carbons (Fsp3) is 1.00. The largest absolute Gasteiger partial charge is 0.367 e. The van der Waals surface area contributed by atoms with Crippen LogP contribution in [0.5, 0.6) is 0 Å². The quantitative estimate of drug-likeness (QED) is 0.177. The van der Waals surface area contributed by atoms with Gasteiger partial charge in [0.25, 0.3) is 0 Å². The predicted molar refractivity (Wildman–Crippen MR) is 95.7 cm³/mol. The number of nitrogens with one attached hydrogen (secondary N) is 2. The Hall–Kier alpha value is 1.63. The van der Waals surface area contributed by atoms with E-state index in [-0.39, 0.29) is 5.44 Å². The number of thiol groups is 2. The van der Waals surface area contributed by atoms with Crippen molar-refractivity contribution in [2.24, 2.45) is 0 Å². The van der Waals surface area contributed by atoms with Crippen LogP contribution < -0.4 is 10.0 Å². The molecule has 0 amide bonds. The van der Waals surface area contributed by atoms with E-state index in [9.17, 15) is 0 Å². The number of hydrogen-bond donors (Lipinski definition) is 4. The first-order chi connectivity index (χ1) is 8.70. The second kappa shape index (κ2) is 15.0. The van der Waals surface area contributed by atoms with E-state index in [0.717, 1.165) is 38.3 Å². The molecule has 0 aromatic carbocycles. The van der Waals surface area contributed by atoms with Gasteiger partial charge in [0, 0.05) is 25.4 Å². The summed E-state index contributed by atoms with van der Waals surface area (Å²) in [6, 6.07) is 0. The Bertz CT molecular complexity index is 178. The number of unbranched alkanes of at least 4 members (excludes halogenated alkanes) is 1. The highest BCUT2D eigenvalue weighted by Crippen LogP contribution is 2.27. The molecule has 3 nitrogen and oxygen atoms in total. The van der Waals surface area contributed by atoms with Crippen molar-refractivity contribution < 1.29 is 4.74 Å². The standard InChI is InChI=1S/C10H24N2OS5/c1-9(17-15)11-6-8-16-18-10(2)13-7-4-3-5-12-14/h9-12,14-15H,3-8H2,1-2H3. The highest BCUT2D eigenvalue weighted by Gasteiger charge is 2.03. The van der Waals surface area contributed by atoms with Crippen LogP contribution in [0.25, 0.3) is 0 Å². The van der Waals surface area contributed by atoms with Gasteiger partial charge in [0.05, 0.1) is 5.37 Å². The van der Waals surface area contributed by atoms with Crippen LogP contribution in [0.2, 0.25) is 0 Å². The summed E-state index contributed by atoms with van der Waals surface area (Å²) in [5, 5.41) is 3.78. The molecule has 0 aromatic rings. The molecule has 0 aliphatic rings. The van der Waals surface area contributed by atoms with Crippen molar-refractivity contribution in [1.82, 2.24) is 10.0 Å². The summed E-state index contributed by atoms with van der Waals surface area (Å²) in [5.41, 5.74) is 0.260. The molecule has 110 valence electrons. The minimum absolute atomic E-state index is 0.260. The van der Waals surface area contributed by atoms with Crippen molar-refractivity contribution >= 4 is 56.9 Å². The third-order valence-electron chi connectivity index (χ3n) is 2.01. The summed E-state index contributed by atoms with van der Waals surface area (Å²) < 4.78 is 8.52. The maximum Gasteiger partial charge on any atom is 0.110 e. The van der Waals surface area contributed by atoms with Gasteiger partial charge in [-0.15, -0.1) is 11.7 Å². The number of ether oxygens (including phenoxy) is 1. The van der Waals surface area contributed by atoms with Crippen LogP contribution >= 0.6 is 56.9 Å². The molecule has 0 heterocycles. The number of rotatable bonds is 13.